The van der Waals surface area contributed by atoms with Crippen LogP contribution in [0.2, 0.25) is 5.02 Å². The van der Waals surface area contributed by atoms with Crippen molar-refractivity contribution in [3.05, 3.63) is 93.6 Å². The molecular formula is C26H20ClF10N3O. The van der Waals surface area contributed by atoms with Crippen molar-refractivity contribution in [3.8, 4) is 0 Å². The number of anilines is 1. The van der Waals surface area contributed by atoms with Crippen molar-refractivity contribution in [1.29, 1.82) is 0 Å². The maximum Gasteiger partial charge on any atom is 0.435 e. The van der Waals surface area contributed by atoms with E-state index in [-0.39, 0.29) is 40.5 Å². The molecule has 3 rings (SSSR count). The zero-order chi connectivity index (χ0) is 30.8. The van der Waals surface area contributed by atoms with Gasteiger partial charge in [0, 0.05) is 31.9 Å². The minimum Gasteiger partial charge on any atom is -0.372 e. The first-order valence-corrected chi connectivity index (χ1v) is 12.0. The molecule has 0 bridgehead atoms. The molecule has 3 aromatic rings. The van der Waals surface area contributed by atoms with Crippen LogP contribution in [0.5, 0.6) is 0 Å². The summed E-state index contributed by atoms with van der Waals surface area (Å²) in [5, 5.41) is 2.74. The van der Waals surface area contributed by atoms with Crippen molar-refractivity contribution < 1.29 is 48.7 Å². The highest BCUT2D eigenvalue weighted by molar-refractivity contribution is 6.31. The number of nitrogens with zero attached hydrogens (tertiary/aromatic N) is 2. The molecule has 0 unspecified atom stereocenters. The third kappa shape index (κ3) is 7.03. The van der Waals surface area contributed by atoms with Crippen LogP contribution in [0, 0.1) is 0 Å². The minimum absolute atomic E-state index is 0.0128. The summed E-state index contributed by atoms with van der Waals surface area (Å²) >= 11 is 5.96. The highest BCUT2D eigenvalue weighted by Gasteiger charge is 2.73. The lowest BCUT2D eigenvalue weighted by molar-refractivity contribution is -0.348. The molecule has 1 heterocycles. The number of pyridine rings is 1. The molecule has 0 atom stereocenters. The number of amides is 1. The van der Waals surface area contributed by atoms with Gasteiger partial charge < -0.3 is 10.2 Å². The summed E-state index contributed by atoms with van der Waals surface area (Å²) in [7, 11) is 1.45. The Morgan fingerprint density at radius 1 is 0.854 bits per heavy atom. The van der Waals surface area contributed by atoms with Gasteiger partial charge >= 0.3 is 24.2 Å². The second-order valence-corrected chi connectivity index (χ2v) is 9.26. The molecule has 0 saturated carbocycles. The van der Waals surface area contributed by atoms with Gasteiger partial charge in [0.2, 0.25) is 0 Å². The Labute approximate surface area is 231 Å². The van der Waals surface area contributed by atoms with E-state index in [2.05, 4.69) is 10.3 Å². The van der Waals surface area contributed by atoms with E-state index in [1.165, 1.54) is 31.4 Å². The molecule has 2 aromatic carbocycles. The van der Waals surface area contributed by atoms with Gasteiger partial charge in [-0.25, -0.2) is 9.37 Å². The normalized spacial score (nSPS) is 12.8. The number of carbonyl (C=O) groups excluding carboxylic acids is 1. The van der Waals surface area contributed by atoms with Crippen LogP contribution in [0.15, 0.2) is 60.8 Å². The molecule has 4 nitrogen and oxygen atoms in total. The molecular weight excluding hydrogens is 596 g/mol. The van der Waals surface area contributed by atoms with Gasteiger partial charge in [-0.3, -0.25) is 4.79 Å². The fraction of sp³-hybridized carbons (Fsp3) is 0.308. The molecule has 0 saturated heterocycles. The number of alkyl halides is 10. The smallest absolute Gasteiger partial charge is 0.372 e. The Kier molecular flexibility index (Phi) is 9.16. The van der Waals surface area contributed by atoms with E-state index in [1.807, 2.05) is 0 Å². The van der Waals surface area contributed by atoms with Crippen molar-refractivity contribution in [2.45, 2.75) is 37.2 Å². The maximum absolute atomic E-state index is 14.4. The van der Waals surface area contributed by atoms with Crippen LogP contribution >= 0.6 is 11.6 Å². The summed E-state index contributed by atoms with van der Waals surface area (Å²) in [5.74, 6) is -0.665. The summed E-state index contributed by atoms with van der Waals surface area (Å²) in [6, 6.07) is 7.77. The molecule has 0 aliphatic heterocycles. The van der Waals surface area contributed by atoms with E-state index in [9.17, 15) is 48.7 Å². The average molecular weight is 616 g/mol. The van der Waals surface area contributed by atoms with Crippen molar-refractivity contribution in [1.82, 2.24) is 9.88 Å². The predicted molar refractivity (Wildman–Crippen MR) is 130 cm³/mol. The fourth-order valence-electron chi connectivity index (χ4n) is 3.94. The number of nitrogens with one attached hydrogen (secondary N) is 1. The molecule has 0 aliphatic rings. The van der Waals surface area contributed by atoms with Crippen molar-refractivity contribution in [3.63, 3.8) is 0 Å². The van der Waals surface area contributed by atoms with E-state index in [0.717, 1.165) is 29.2 Å². The van der Waals surface area contributed by atoms with Gasteiger partial charge in [0.25, 0.3) is 5.91 Å². The first kappa shape index (κ1) is 32.0. The van der Waals surface area contributed by atoms with Gasteiger partial charge in [-0.1, -0.05) is 54.1 Å². The largest absolute Gasteiger partial charge is 0.435 e. The third-order valence-electron chi connectivity index (χ3n) is 6.04. The lowest BCUT2D eigenvalue weighted by Crippen LogP contribution is -2.50. The zero-order valence-electron chi connectivity index (χ0n) is 20.9. The highest BCUT2D eigenvalue weighted by atomic mass is 35.5. The zero-order valence-corrected chi connectivity index (χ0v) is 21.6. The van der Waals surface area contributed by atoms with Gasteiger partial charge in [-0.05, 0) is 29.7 Å². The number of hydrogen-bond donors (Lipinski definition) is 1. The number of aromatic nitrogens is 1. The van der Waals surface area contributed by atoms with Crippen molar-refractivity contribution in [2.24, 2.45) is 0 Å². The Balaban J connectivity index is 1.96. The van der Waals surface area contributed by atoms with Crippen LogP contribution in [0.3, 0.4) is 0 Å². The van der Waals surface area contributed by atoms with Crippen LogP contribution in [0.1, 0.15) is 32.6 Å². The number of rotatable bonds is 8. The van der Waals surface area contributed by atoms with Crippen LogP contribution < -0.4 is 5.32 Å². The summed E-state index contributed by atoms with van der Waals surface area (Å²) in [4.78, 5) is 18.5. The van der Waals surface area contributed by atoms with Gasteiger partial charge in [0.05, 0.1) is 16.1 Å². The van der Waals surface area contributed by atoms with E-state index in [4.69, 9.17) is 11.6 Å². The van der Waals surface area contributed by atoms with E-state index in [0.29, 0.717) is 12.1 Å². The summed E-state index contributed by atoms with van der Waals surface area (Å²) in [6.07, 6.45) is -16.1. The lowest BCUT2D eigenvalue weighted by atomic mass is 9.93. The molecule has 1 amide bonds. The molecule has 15 heteroatoms. The molecule has 0 aliphatic carbocycles. The molecule has 0 radical (unpaired) electrons. The van der Waals surface area contributed by atoms with Crippen LogP contribution in [-0.2, 0) is 24.8 Å². The second-order valence-electron chi connectivity index (χ2n) is 8.83. The average Bonchev–Trinajstić information content (AvgIpc) is 2.89. The Bertz CT molecular complexity index is 1360. The van der Waals surface area contributed by atoms with Crippen molar-refractivity contribution >= 4 is 23.3 Å². The molecule has 41 heavy (non-hydrogen) atoms. The Hall–Kier alpha value is -3.55. The number of benzene rings is 2. The first-order chi connectivity index (χ1) is 18.9. The van der Waals surface area contributed by atoms with Gasteiger partial charge in [-0.15, -0.1) is 0 Å². The number of carbonyl (C=O) groups is 1. The quantitative estimate of drug-likeness (QED) is 0.262. The fourth-order valence-corrected chi connectivity index (χ4v) is 4.10. The highest BCUT2D eigenvalue weighted by Crippen LogP contribution is 2.53. The monoisotopic (exact) mass is 615 g/mol. The maximum atomic E-state index is 14.4. The van der Waals surface area contributed by atoms with E-state index >= 15 is 0 Å². The summed E-state index contributed by atoms with van der Waals surface area (Å²) in [5.41, 5.74) is -8.12. The standard InChI is InChI=1S/C26H20ClF10N3O/c1-38-21-20(12-19(27)13-39-21)22(41)40(10-9-15-3-2-4-18(11-15)24(29,30)31)14-16-5-7-17(8-6-16)23(28,25(32,33)34)26(35,36)37/h2-8,11-13H,9-10,14H2,1H3,(H,38,39). The van der Waals surface area contributed by atoms with Gasteiger partial charge in [0.15, 0.2) is 0 Å². The first-order valence-electron chi connectivity index (χ1n) is 11.6. The van der Waals surface area contributed by atoms with E-state index in [1.54, 1.807) is 0 Å². The molecule has 1 N–H and O–H groups in total. The van der Waals surface area contributed by atoms with Gasteiger partial charge in [-0.2, -0.15) is 39.5 Å². The van der Waals surface area contributed by atoms with Crippen LogP contribution in [-0.4, -0.2) is 41.7 Å². The molecule has 1 aromatic heterocycles. The predicted octanol–water partition coefficient (Wildman–Crippen LogP) is 7.97. The lowest BCUT2D eigenvalue weighted by Gasteiger charge is -2.30. The van der Waals surface area contributed by atoms with Crippen LogP contribution in [0.4, 0.5) is 49.7 Å². The Morgan fingerprint density at radius 2 is 1.46 bits per heavy atom. The molecule has 0 spiro atoms. The minimum atomic E-state index is -6.30. The van der Waals surface area contributed by atoms with Gasteiger partial charge in [0.1, 0.15) is 5.82 Å². The summed E-state index contributed by atoms with van der Waals surface area (Å²) in [6.45, 7) is -0.638. The number of halogens is 11. The van der Waals surface area contributed by atoms with Crippen LogP contribution in [0.25, 0.3) is 0 Å². The van der Waals surface area contributed by atoms with Crippen molar-refractivity contribution in [2.75, 3.05) is 18.9 Å². The summed E-state index contributed by atoms with van der Waals surface area (Å²) < 4.78 is 133. The SMILES string of the molecule is CNc1ncc(Cl)cc1C(=O)N(CCc1cccc(C(F)(F)F)c1)Cc1ccc(C(F)(C(F)(F)F)C(F)(F)F)cc1. The topological polar surface area (TPSA) is 45.2 Å². The molecule has 222 valence electrons. The third-order valence-corrected chi connectivity index (χ3v) is 6.25. The second kappa shape index (κ2) is 11.7. The van der Waals surface area contributed by atoms with E-state index < -0.39 is 47.8 Å². The number of hydrogen-bond acceptors (Lipinski definition) is 3. The Morgan fingerprint density at radius 3 is 2.00 bits per heavy atom. The molecule has 0 fully saturated rings.